The smallest absolute Gasteiger partial charge is 0.150 e. The molecule has 31 heavy (non-hydrogen) atoms. The molecule has 152 valence electrons. The molecule has 0 saturated heterocycles. The summed E-state index contributed by atoms with van der Waals surface area (Å²) in [5, 5.41) is 0. The zero-order valence-electron chi connectivity index (χ0n) is 17.7. The van der Waals surface area contributed by atoms with Gasteiger partial charge in [-0.2, -0.15) is 0 Å². The minimum atomic E-state index is -0.139. The lowest BCUT2D eigenvalue weighted by atomic mass is 9.77. The van der Waals surface area contributed by atoms with Crippen LogP contribution in [-0.2, 0) is 5.41 Å². The fourth-order valence-corrected chi connectivity index (χ4v) is 3.83. The summed E-state index contributed by atoms with van der Waals surface area (Å²) in [5.74, 6) is 0. The van der Waals surface area contributed by atoms with E-state index in [0.717, 1.165) is 34.8 Å². The van der Waals surface area contributed by atoms with Gasteiger partial charge in [-0.15, -0.1) is 0 Å². The van der Waals surface area contributed by atoms with Crippen molar-refractivity contribution in [2.45, 2.75) is 19.3 Å². The second-order valence-corrected chi connectivity index (χ2v) is 8.26. The first-order chi connectivity index (χ1) is 15.0. The van der Waals surface area contributed by atoms with Crippen molar-refractivity contribution in [2.24, 2.45) is 0 Å². The lowest BCUT2D eigenvalue weighted by Gasteiger charge is -2.26. The van der Waals surface area contributed by atoms with Crippen molar-refractivity contribution < 1.29 is 9.59 Å². The van der Waals surface area contributed by atoms with Crippen molar-refractivity contribution in [2.75, 3.05) is 0 Å². The van der Waals surface area contributed by atoms with Crippen LogP contribution in [0.1, 0.15) is 45.7 Å². The van der Waals surface area contributed by atoms with Gasteiger partial charge in [-0.05, 0) is 33.4 Å². The zero-order valence-corrected chi connectivity index (χ0v) is 17.7. The normalized spacial score (nSPS) is 11.2. The average molecular weight is 405 g/mol. The number of hydrogen-bond donors (Lipinski definition) is 0. The highest BCUT2D eigenvalue weighted by molar-refractivity contribution is 5.77. The maximum Gasteiger partial charge on any atom is 0.150 e. The van der Waals surface area contributed by atoms with Crippen LogP contribution in [0.5, 0.6) is 0 Å². The Labute approximate surface area is 183 Å². The average Bonchev–Trinajstić information content (AvgIpc) is 2.84. The largest absolute Gasteiger partial charge is 0.298 e. The van der Waals surface area contributed by atoms with Crippen LogP contribution in [0.2, 0.25) is 0 Å². The van der Waals surface area contributed by atoms with E-state index in [0.29, 0.717) is 11.1 Å². The Morgan fingerprint density at radius 3 is 0.968 bits per heavy atom. The molecule has 0 unspecified atom stereocenters. The topological polar surface area (TPSA) is 34.1 Å². The maximum atomic E-state index is 10.9. The molecule has 4 aromatic rings. The molecule has 0 atom stereocenters. The molecule has 0 aromatic heterocycles. The number of hydrogen-bond acceptors (Lipinski definition) is 2. The molecular formula is C29H24O2. The molecule has 0 fully saturated rings. The van der Waals surface area contributed by atoms with E-state index in [1.54, 1.807) is 0 Å². The van der Waals surface area contributed by atoms with Gasteiger partial charge in [0.2, 0.25) is 0 Å². The van der Waals surface area contributed by atoms with Crippen molar-refractivity contribution in [1.29, 1.82) is 0 Å². The molecule has 0 saturated carbocycles. The summed E-state index contributed by atoms with van der Waals surface area (Å²) in [7, 11) is 0. The van der Waals surface area contributed by atoms with Crippen molar-refractivity contribution in [3.63, 3.8) is 0 Å². The van der Waals surface area contributed by atoms with E-state index < -0.39 is 0 Å². The Hall–Kier alpha value is -3.78. The van der Waals surface area contributed by atoms with Crippen LogP contribution in [0.25, 0.3) is 22.3 Å². The Bertz CT molecular complexity index is 1080. The summed E-state index contributed by atoms with van der Waals surface area (Å²) >= 11 is 0. The molecule has 4 rings (SSSR count). The molecular weight excluding hydrogens is 380 g/mol. The third kappa shape index (κ3) is 4.24. The lowest BCUT2D eigenvalue weighted by molar-refractivity contribution is 0.111. The number of aldehydes is 2. The Morgan fingerprint density at radius 2 is 0.710 bits per heavy atom. The van der Waals surface area contributed by atoms with Gasteiger partial charge in [-0.1, -0.05) is 111 Å². The number of carbonyl (C=O) groups is 2. The summed E-state index contributed by atoms with van der Waals surface area (Å²) in [5.41, 5.74) is 8.17. The predicted molar refractivity (Wildman–Crippen MR) is 127 cm³/mol. The molecule has 4 aromatic carbocycles. The van der Waals surface area contributed by atoms with Crippen molar-refractivity contribution in [3.8, 4) is 22.3 Å². The molecule has 0 aliphatic rings. The van der Waals surface area contributed by atoms with Gasteiger partial charge in [0.25, 0.3) is 0 Å². The van der Waals surface area contributed by atoms with Gasteiger partial charge < -0.3 is 0 Å². The van der Waals surface area contributed by atoms with Gasteiger partial charge in [0.05, 0.1) is 0 Å². The summed E-state index contributed by atoms with van der Waals surface area (Å²) in [6.07, 6.45) is 1.72. The van der Waals surface area contributed by atoms with Crippen molar-refractivity contribution >= 4 is 12.6 Å². The number of benzene rings is 4. The zero-order chi connectivity index (χ0) is 21.8. The number of rotatable bonds is 6. The fraction of sp³-hybridized carbons (Fsp3) is 0.103. The van der Waals surface area contributed by atoms with Crippen LogP contribution in [0, 0.1) is 0 Å². The molecule has 0 spiro atoms. The molecule has 0 aliphatic heterocycles. The summed E-state index contributed by atoms with van der Waals surface area (Å²) in [6.45, 7) is 4.46. The van der Waals surface area contributed by atoms with E-state index in [1.165, 1.54) is 11.1 Å². The third-order valence-electron chi connectivity index (χ3n) is 5.97. The van der Waals surface area contributed by atoms with Gasteiger partial charge in [0.15, 0.2) is 0 Å². The van der Waals surface area contributed by atoms with Crippen LogP contribution >= 0.6 is 0 Å². The highest BCUT2D eigenvalue weighted by Gasteiger charge is 2.23. The highest BCUT2D eigenvalue weighted by Crippen LogP contribution is 2.34. The molecule has 0 bridgehead atoms. The van der Waals surface area contributed by atoms with E-state index in [4.69, 9.17) is 0 Å². The Morgan fingerprint density at radius 1 is 0.452 bits per heavy atom. The van der Waals surface area contributed by atoms with E-state index in [1.807, 2.05) is 48.5 Å². The monoisotopic (exact) mass is 404 g/mol. The second-order valence-electron chi connectivity index (χ2n) is 8.26. The van der Waals surface area contributed by atoms with Gasteiger partial charge in [-0.25, -0.2) is 0 Å². The van der Waals surface area contributed by atoms with Gasteiger partial charge in [0.1, 0.15) is 12.6 Å². The first kappa shape index (κ1) is 20.5. The molecule has 0 heterocycles. The van der Waals surface area contributed by atoms with Crippen LogP contribution in [0.3, 0.4) is 0 Å². The van der Waals surface area contributed by atoms with Crippen LogP contribution in [0.15, 0.2) is 97.1 Å². The van der Waals surface area contributed by atoms with Crippen LogP contribution in [-0.4, -0.2) is 12.6 Å². The molecule has 0 aliphatic carbocycles. The highest BCUT2D eigenvalue weighted by atomic mass is 16.1. The Balaban J connectivity index is 1.56. The van der Waals surface area contributed by atoms with Crippen LogP contribution in [0.4, 0.5) is 0 Å². The number of carbonyl (C=O) groups excluding carboxylic acids is 2. The van der Waals surface area contributed by atoms with Crippen molar-refractivity contribution in [3.05, 3.63) is 119 Å². The molecule has 2 heteroatoms. The van der Waals surface area contributed by atoms with Gasteiger partial charge in [0, 0.05) is 16.5 Å². The second kappa shape index (κ2) is 8.53. The van der Waals surface area contributed by atoms with Crippen molar-refractivity contribution in [1.82, 2.24) is 0 Å². The summed E-state index contributed by atoms with van der Waals surface area (Å²) in [4.78, 5) is 21.7. The minimum Gasteiger partial charge on any atom is -0.298 e. The standard InChI is InChI=1S/C29H24O2/c1-29(2,27-15-11-25(12-16-27)23-7-3-21(19-30)4-8-23)28-17-13-26(14-18-28)24-9-5-22(20-31)6-10-24/h3-20H,1-2H3. The molecule has 2 nitrogen and oxygen atoms in total. The minimum absolute atomic E-state index is 0.139. The lowest BCUT2D eigenvalue weighted by Crippen LogP contribution is -2.18. The molecule has 0 amide bonds. The first-order valence-electron chi connectivity index (χ1n) is 10.3. The first-order valence-corrected chi connectivity index (χ1v) is 10.3. The summed E-state index contributed by atoms with van der Waals surface area (Å²) < 4.78 is 0. The fourth-order valence-electron chi connectivity index (χ4n) is 3.83. The van der Waals surface area contributed by atoms with Crippen LogP contribution < -0.4 is 0 Å². The van der Waals surface area contributed by atoms with E-state index >= 15 is 0 Å². The van der Waals surface area contributed by atoms with E-state index in [-0.39, 0.29) is 5.41 Å². The van der Waals surface area contributed by atoms with Gasteiger partial charge in [-0.3, -0.25) is 9.59 Å². The maximum absolute atomic E-state index is 10.9. The molecule has 0 radical (unpaired) electrons. The SMILES string of the molecule is CC(C)(c1ccc(-c2ccc(C=O)cc2)cc1)c1ccc(-c2ccc(C=O)cc2)cc1. The van der Waals surface area contributed by atoms with Gasteiger partial charge >= 0.3 is 0 Å². The summed E-state index contributed by atoms with van der Waals surface area (Å²) in [6, 6.07) is 32.5. The predicted octanol–water partition coefficient (Wildman–Crippen LogP) is 6.97. The van der Waals surface area contributed by atoms with E-state index in [9.17, 15) is 9.59 Å². The Kier molecular flexibility index (Phi) is 5.64. The van der Waals surface area contributed by atoms with E-state index in [2.05, 4.69) is 62.4 Å². The quantitative estimate of drug-likeness (QED) is 0.325. The third-order valence-corrected chi connectivity index (χ3v) is 5.97. The molecule has 0 N–H and O–H groups in total.